The van der Waals surface area contributed by atoms with Gasteiger partial charge in [-0.1, -0.05) is 38.1 Å². The number of sulfone groups is 1. The number of rotatable bonds is 16. The zero-order chi connectivity index (χ0) is 55.4. The first-order chi connectivity index (χ1) is 34.4. The van der Waals surface area contributed by atoms with Gasteiger partial charge in [0, 0.05) is 50.5 Å². The molecule has 21 nitrogen and oxygen atoms in total. The van der Waals surface area contributed by atoms with Gasteiger partial charge in [0.25, 0.3) is 0 Å². The molecule has 7 N–H and O–H groups in total. The Labute approximate surface area is 438 Å². The lowest BCUT2D eigenvalue weighted by molar-refractivity contribution is -0.318. The number of benzene rings is 1. The smallest absolute Gasteiger partial charge is 0.311 e. The lowest BCUT2D eigenvalue weighted by atomic mass is 9.77. The lowest BCUT2D eigenvalue weighted by Gasteiger charge is -2.49. The molecular formula is C52H89N5O16S. The van der Waals surface area contributed by atoms with Gasteiger partial charge in [-0.25, -0.2) is 13.1 Å². The fourth-order valence-corrected chi connectivity index (χ4v) is 12.0. The van der Waals surface area contributed by atoms with Crippen molar-refractivity contribution in [3.63, 3.8) is 0 Å². The summed E-state index contributed by atoms with van der Waals surface area (Å²) in [6.45, 7) is 17.8. The molecule has 5 rings (SSSR count). The van der Waals surface area contributed by atoms with Crippen LogP contribution in [0.25, 0.3) is 0 Å². The van der Waals surface area contributed by atoms with Crippen LogP contribution in [0.2, 0.25) is 0 Å². The average molecular weight is 1070 g/mol. The quantitative estimate of drug-likeness (QED) is 0.119. The monoisotopic (exact) mass is 1070 g/mol. The summed E-state index contributed by atoms with van der Waals surface area (Å²) in [6.07, 6.45) is -6.91. The van der Waals surface area contributed by atoms with E-state index < -0.39 is 137 Å². The van der Waals surface area contributed by atoms with Gasteiger partial charge < -0.3 is 74.0 Å². The van der Waals surface area contributed by atoms with E-state index >= 15 is 0 Å². The van der Waals surface area contributed by atoms with Gasteiger partial charge in [0.1, 0.15) is 42.2 Å². The second kappa shape index (κ2) is 25.3. The Kier molecular flexibility index (Phi) is 21.3. The van der Waals surface area contributed by atoms with Gasteiger partial charge in [0.2, 0.25) is 0 Å². The summed E-state index contributed by atoms with van der Waals surface area (Å²) in [5, 5.41) is 89.5. The van der Waals surface area contributed by atoms with Crippen LogP contribution in [0.1, 0.15) is 125 Å². The molecule has 0 bridgehead atoms. The van der Waals surface area contributed by atoms with E-state index in [0.29, 0.717) is 43.6 Å². The average Bonchev–Trinajstić information content (AvgIpc) is 3.80. The number of aliphatic hydroxyl groups is 7. The molecule has 1 aromatic heterocycles. The minimum absolute atomic E-state index is 0.0771. The first kappa shape index (κ1) is 62.1. The Morgan fingerprint density at radius 1 is 0.973 bits per heavy atom. The zero-order valence-electron chi connectivity index (χ0n) is 46.0. The minimum atomic E-state index is -3.44. The third-order valence-corrected chi connectivity index (χ3v) is 17.3. The van der Waals surface area contributed by atoms with Gasteiger partial charge in [0.15, 0.2) is 22.4 Å². The molecular weight excluding hydrogens is 983 g/mol. The van der Waals surface area contributed by atoms with Crippen molar-refractivity contribution < 1.29 is 77.4 Å². The maximum absolute atomic E-state index is 14.5. The molecule has 3 aliphatic heterocycles. The molecule has 0 amide bonds. The number of nitrogens with zero attached hydrogens (tertiary/aromatic N) is 5. The van der Waals surface area contributed by atoms with Gasteiger partial charge in [-0.15, -0.1) is 5.10 Å². The summed E-state index contributed by atoms with van der Waals surface area (Å²) >= 11 is 0. The number of carbonyl (C=O) groups excluding carboxylic acids is 1. The summed E-state index contributed by atoms with van der Waals surface area (Å²) in [7, 11) is 1.76. The van der Waals surface area contributed by atoms with E-state index in [1.807, 2.05) is 37.7 Å². The van der Waals surface area contributed by atoms with Crippen LogP contribution < -0.4 is 0 Å². The molecule has 0 aliphatic carbocycles. The predicted molar refractivity (Wildman–Crippen MR) is 272 cm³/mol. The Morgan fingerprint density at radius 2 is 1.62 bits per heavy atom. The number of aryl methyl sites for hydroxylation is 1. The second-order valence-corrected chi connectivity index (χ2v) is 24.5. The summed E-state index contributed by atoms with van der Waals surface area (Å²) in [5.74, 6) is -2.90. The molecule has 22 heteroatoms. The van der Waals surface area contributed by atoms with Crippen LogP contribution in [0.4, 0.5) is 0 Å². The van der Waals surface area contributed by atoms with Crippen molar-refractivity contribution in [2.75, 3.05) is 47.2 Å². The highest BCUT2D eigenvalue weighted by Gasteiger charge is 2.53. The van der Waals surface area contributed by atoms with Gasteiger partial charge in [-0.3, -0.25) is 4.79 Å². The van der Waals surface area contributed by atoms with Crippen LogP contribution in [-0.2, 0) is 49.5 Å². The number of ether oxygens (including phenoxy) is 6. The molecule has 0 unspecified atom stereocenters. The summed E-state index contributed by atoms with van der Waals surface area (Å²) in [6, 6.07) is 3.84. The van der Waals surface area contributed by atoms with E-state index in [4.69, 9.17) is 28.4 Å². The molecule has 1 aromatic carbocycles. The van der Waals surface area contributed by atoms with Gasteiger partial charge in [0.05, 0.1) is 58.7 Å². The van der Waals surface area contributed by atoms with E-state index in [9.17, 15) is 49.0 Å². The summed E-state index contributed by atoms with van der Waals surface area (Å²) in [4.78, 5) is 18.5. The van der Waals surface area contributed by atoms with Gasteiger partial charge in [-0.05, 0) is 125 Å². The van der Waals surface area contributed by atoms with Crippen molar-refractivity contribution in [2.24, 2.45) is 17.8 Å². The molecule has 0 spiro atoms. The van der Waals surface area contributed by atoms with E-state index in [1.54, 1.807) is 54.7 Å². The van der Waals surface area contributed by atoms with Crippen LogP contribution >= 0.6 is 0 Å². The first-order valence-electron chi connectivity index (χ1n) is 26.2. The van der Waals surface area contributed by atoms with Crippen LogP contribution in [-0.4, -0.2) is 212 Å². The van der Waals surface area contributed by atoms with E-state index in [0.717, 1.165) is 6.26 Å². The van der Waals surface area contributed by atoms with Crippen molar-refractivity contribution in [3.8, 4) is 0 Å². The second-order valence-electron chi connectivity index (χ2n) is 22.5. The Morgan fingerprint density at radius 3 is 2.22 bits per heavy atom. The fraction of sp³-hybridized carbons (Fsp3) is 0.827. The third-order valence-electron chi connectivity index (χ3n) is 16.2. The number of likely N-dealkylation sites (N-methyl/N-ethyl adjacent to an activating group) is 2. The molecule has 3 fully saturated rings. The highest BCUT2D eigenvalue weighted by atomic mass is 32.2. The molecule has 0 radical (unpaired) electrons. The zero-order valence-corrected chi connectivity index (χ0v) is 46.8. The van der Waals surface area contributed by atoms with E-state index in [2.05, 4.69) is 10.3 Å². The SMILES string of the molecule is CC[C@H]1OC(=O)[C@H](C)[C@@H](O[C@H]2C[C@@](C)(OC)[C@@H](O)[C@H](C)O2)[C@H](C)[C@@H](O[C@@H]2O[C@H](C)C[C@H](N(C)CCCc3cn([C@H](CO)[C@H](O)c4ccc(S(C)(=O)=O)cc4)nn3)[C@H]2O)[C@](C)(O)C[C@@H](C)CN(C)[C@H](C)[C@@H](O)[C@]1(C)O. The normalized spacial score (nSPS) is 39.5. The first-order valence-corrected chi connectivity index (χ1v) is 28.1. The highest BCUT2D eigenvalue weighted by molar-refractivity contribution is 7.90. The summed E-state index contributed by atoms with van der Waals surface area (Å²) in [5.41, 5.74) is -3.60. The summed E-state index contributed by atoms with van der Waals surface area (Å²) < 4.78 is 63.5. The molecule has 0 saturated carbocycles. The van der Waals surface area contributed by atoms with E-state index in [-0.39, 0.29) is 30.1 Å². The fourth-order valence-electron chi connectivity index (χ4n) is 11.4. The molecule has 3 saturated heterocycles. The van der Waals surface area contributed by atoms with Gasteiger partial charge >= 0.3 is 5.97 Å². The largest absolute Gasteiger partial charge is 0.459 e. The number of esters is 1. The predicted octanol–water partition coefficient (Wildman–Crippen LogP) is 2.17. The van der Waals surface area contributed by atoms with Crippen LogP contribution in [0.15, 0.2) is 35.4 Å². The number of methoxy groups -OCH3 is 1. The molecule has 3 aliphatic rings. The van der Waals surface area contributed by atoms with Crippen LogP contribution in [0.5, 0.6) is 0 Å². The van der Waals surface area contributed by atoms with Crippen molar-refractivity contribution in [2.45, 2.75) is 215 Å². The minimum Gasteiger partial charge on any atom is -0.459 e. The molecule has 4 heterocycles. The Bertz CT molecular complexity index is 2200. The highest BCUT2D eigenvalue weighted by Crippen LogP contribution is 2.40. The number of hydrogen-bond donors (Lipinski definition) is 7. The van der Waals surface area contributed by atoms with Crippen LogP contribution in [0.3, 0.4) is 0 Å². The van der Waals surface area contributed by atoms with Crippen molar-refractivity contribution in [3.05, 3.63) is 41.7 Å². The lowest BCUT2D eigenvalue weighted by Crippen LogP contribution is -2.60. The Balaban J connectivity index is 1.40. The molecule has 2 aromatic rings. The van der Waals surface area contributed by atoms with Crippen LogP contribution in [0, 0.1) is 17.8 Å². The van der Waals surface area contributed by atoms with Crippen molar-refractivity contribution in [1.82, 2.24) is 24.8 Å². The van der Waals surface area contributed by atoms with Gasteiger partial charge in [-0.2, -0.15) is 0 Å². The molecule has 424 valence electrons. The third kappa shape index (κ3) is 14.5. The Hall–Kier alpha value is -2.78. The maximum Gasteiger partial charge on any atom is 0.311 e. The number of cyclic esters (lactones) is 1. The number of hydrogen-bond acceptors (Lipinski definition) is 20. The maximum atomic E-state index is 14.5. The molecule has 20 atom stereocenters. The topological polar surface area (TPSA) is 285 Å². The van der Waals surface area contributed by atoms with Crippen molar-refractivity contribution >= 4 is 15.8 Å². The molecule has 74 heavy (non-hydrogen) atoms. The number of aliphatic hydroxyl groups excluding tert-OH is 5. The number of aromatic nitrogens is 3. The number of carbonyl (C=O) groups is 1. The van der Waals surface area contributed by atoms with Crippen molar-refractivity contribution in [1.29, 1.82) is 0 Å². The van der Waals surface area contributed by atoms with E-state index in [1.165, 1.54) is 43.0 Å². The standard InChI is InChI=1S/C52H89N5O16S/c1-15-40-52(10,65)45(61)33(6)56(12)26-29(2)24-50(8,64)47(31(4)44(32(5)48(63)71-40)72-41-25-51(9,68-13)46(62)34(7)70-41)73-49-43(60)38(23-30(3)69-49)55(11)22-16-17-36-27-57(54-53-36)39(28-58)42(59)35-18-20-37(21-19-35)74(14,66)67/h18-21,27,29-34,38-47,49,58-62,64-65H,15-17,22-26,28H2,1-14H3/t29-,30-,31+,32-,33-,34+,38+,39-,40-,41+,42-,43-,44+,45-,46+,47-,49+,50-,51-,52-/m1/s1.